The van der Waals surface area contributed by atoms with Crippen molar-refractivity contribution in [2.24, 2.45) is 0 Å². The van der Waals surface area contributed by atoms with Crippen LogP contribution < -0.4 is 0 Å². The molecule has 0 saturated carbocycles. The zero-order valence-corrected chi connectivity index (χ0v) is 27.9. The Kier molecular flexibility index (Phi) is 26.2. The number of carbonyl (C=O) groups is 2. The molecule has 0 spiro atoms. The summed E-state index contributed by atoms with van der Waals surface area (Å²) in [7, 11) is 0. The molecule has 0 heterocycles. The number of hydrogen-bond acceptors (Lipinski definition) is 4. The van der Waals surface area contributed by atoms with Crippen LogP contribution in [0.1, 0.15) is 156 Å². The van der Waals surface area contributed by atoms with Gasteiger partial charge in [-0.25, -0.2) is 0 Å². The molecule has 0 aromatic carbocycles. The molecule has 0 amide bonds. The Balaban J connectivity index is 4.54. The van der Waals surface area contributed by atoms with Gasteiger partial charge in [-0.15, -0.1) is 0 Å². The molecule has 4 nitrogen and oxygen atoms in total. The fourth-order valence-corrected chi connectivity index (χ4v) is 12.4. The van der Waals surface area contributed by atoms with E-state index in [1.807, 2.05) is 38.2 Å². The van der Waals surface area contributed by atoms with E-state index < -0.39 is 19.2 Å². The van der Waals surface area contributed by atoms with Gasteiger partial charge >= 0.3 is 222 Å². The Bertz CT molecular complexity index is 548. The summed E-state index contributed by atoms with van der Waals surface area (Å²) in [6.45, 7) is 8.41. The Morgan fingerprint density at radius 1 is 0.514 bits per heavy atom. The van der Waals surface area contributed by atoms with Crippen LogP contribution in [0.2, 0.25) is 8.87 Å². The molecule has 0 aromatic heterocycles. The van der Waals surface area contributed by atoms with E-state index in [0.717, 1.165) is 25.7 Å². The van der Waals surface area contributed by atoms with E-state index in [1.165, 1.54) is 89.9 Å². The first-order valence-corrected chi connectivity index (χ1v) is 22.1. The van der Waals surface area contributed by atoms with Crippen LogP contribution in [-0.2, 0) is 15.7 Å². The number of hydrogen-bond donors (Lipinski definition) is 0. The van der Waals surface area contributed by atoms with Crippen molar-refractivity contribution >= 4 is 31.1 Å². The van der Waals surface area contributed by atoms with Gasteiger partial charge in [-0.05, 0) is 0 Å². The van der Waals surface area contributed by atoms with Gasteiger partial charge in [0.25, 0.3) is 0 Å². The third-order valence-electron chi connectivity index (χ3n) is 6.90. The number of carbonyl (C=O) groups excluding carboxylic acids is 2. The summed E-state index contributed by atoms with van der Waals surface area (Å²) in [6.07, 6.45) is 30.7. The molecule has 37 heavy (non-hydrogen) atoms. The standard InChI is InChI=1S/2C12H24O2.2C4H7.Sn/c2*1-2-3-4-5-6-7-8-9-10-11-12(13)14;2*1-3-4-2;/h2*2-11H2,1H3,(H,13,14);2*3-4H,1H2,2H3;/q;;;;+2/p-2. The van der Waals surface area contributed by atoms with Crippen LogP contribution in [0.3, 0.4) is 0 Å². The van der Waals surface area contributed by atoms with Gasteiger partial charge in [0.15, 0.2) is 0 Å². The van der Waals surface area contributed by atoms with E-state index >= 15 is 0 Å². The average molecular weight is 628 g/mol. The smallest absolute Gasteiger partial charge is 0.0654 e. The van der Waals surface area contributed by atoms with Crippen LogP contribution in [0.25, 0.3) is 0 Å². The van der Waals surface area contributed by atoms with Gasteiger partial charge < -0.3 is 0 Å². The van der Waals surface area contributed by atoms with Crippen LogP contribution in [0.5, 0.6) is 0 Å². The zero-order chi connectivity index (χ0) is 27.5. The van der Waals surface area contributed by atoms with Crippen LogP contribution in [-0.4, -0.2) is 31.1 Å². The summed E-state index contributed by atoms with van der Waals surface area (Å²) in [6, 6.07) is 0. The van der Waals surface area contributed by atoms with E-state index in [-0.39, 0.29) is 11.9 Å². The fourth-order valence-electron chi connectivity index (χ4n) is 4.54. The first kappa shape index (κ1) is 36.2. The van der Waals surface area contributed by atoms with Crippen molar-refractivity contribution < 1.29 is 15.7 Å². The number of rotatable bonds is 26. The fraction of sp³-hybridized carbons (Fsp3) is 0.812. The van der Waals surface area contributed by atoms with Gasteiger partial charge in [0.2, 0.25) is 0 Å². The first-order valence-electron chi connectivity index (χ1n) is 15.7. The Morgan fingerprint density at radius 2 is 0.811 bits per heavy atom. The van der Waals surface area contributed by atoms with Crippen LogP contribution in [0.15, 0.2) is 24.3 Å². The molecule has 0 N–H and O–H groups in total. The predicted octanol–water partition coefficient (Wildman–Crippen LogP) is 10.5. The maximum absolute atomic E-state index is 12.8. The second kappa shape index (κ2) is 26.8. The van der Waals surface area contributed by atoms with E-state index in [2.05, 4.69) is 13.8 Å². The molecule has 0 bridgehead atoms. The molecule has 0 radical (unpaired) electrons. The van der Waals surface area contributed by atoms with E-state index in [9.17, 15) is 9.59 Å². The van der Waals surface area contributed by atoms with Crippen molar-refractivity contribution in [3.05, 3.63) is 24.3 Å². The summed E-state index contributed by atoms with van der Waals surface area (Å²) in [5, 5.41) is 0. The summed E-state index contributed by atoms with van der Waals surface area (Å²) in [4.78, 5) is 25.6. The van der Waals surface area contributed by atoms with Crippen molar-refractivity contribution in [2.45, 2.75) is 165 Å². The molecule has 0 atom stereocenters. The Morgan fingerprint density at radius 3 is 1.11 bits per heavy atom. The summed E-state index contributed by atoms with van der Waals surface area (Å²) >= 11 is -3.94. The van der Waals surface area contributed by atoms with Crippen molar-refractivity contribution in [1.82, 2.24) is 0 Å². The molecule has 0 aromatic rings. The van der Waals surface area contributed by atoms with E-state index in [1.54, 1.807) is 0 Å². The second-order valence-electron chi connectivity index (χ2n) is 10.6. The summed E-state index contributed by atoms with van der Waals surface area (Å²) in [5.41, 5.74) is 0. The minimum atomic E-state index is -3.94. The molecule has 0 unspecified atom stereocenters. The number of allylic oxidation sites excluding steroid dienone is 4. The molecule has 0 aliphatic rings. The molecule has 0 fully saturated rings. The van der Waals surface area contributed by atoms with Gasteiger partial charge in [-0.1, -0.05) is 13.8 Å². The molecular formula is C32H60O4Sn. The van der Waals surface area contributed by atoms with Gasteiger partial charge in [0.1, 0.15) is 0 Å². The van der Waals surface area contributed by atoms with Crippen LogP contribution in [0, 0.1) is 0 Å². The van der Waals surface area contributed by atoms with Crippen molar-refractivity contribution in [1.29, 1.82) is 0 Å². The molecule has 5 heteroatoms. The van der Waals surface area contributed by atoms with Gasteiger partial charge in [-0.3, -0.25) is 0 Å². The average Bonchev–Trinajstić information content (AvgIpc) is 2.88. The minimum Gasteiger partial charge on any atom is -0.0654 e. The topological polar surface area (TPSA) is 52.6 Å². The first-order chi connectivity index (χ1) is 18.0. The van der Waals surface area contributed by atoms with Crippen molar-refractivity contribution in [3.8, 4) is 0 Å². The van der Waals surface area contributed by atoms with E-state index in [0.29, 0.717) is 21.7 Å². The molecule has 0 saturated heterocycles. The van der Waals surface area contributed by atoms with Gasteiger partial charge in [0, 0.05) is 0 Å². The second-order valence-corrected chi connectivity index (χ2v) is 19.3. The monoisotopic (exact) mass is 628 g/mol. The SMILES string of the molecule is CC=C[CH2][Sn]([CH2]C=CC)([O]C(=O)CCCCCCCCCCC)[O]C(=O)CCCCCCCCCCC. The van der Waals surface area contributed by atoms with Crippen molar-refractivity contribution in [3.63, 3.8) is 0 Å². The minimum absolute atomic E-state index is 0.177. The predicted molar refractivity (Wildman–Crippen MR) is 161 cm³/mol. The normalized spacial score (nSPS) is 12.0. The Labute approximate surface area is 235 Å². The molecule has 216 valence electrons. The third kappa shape index (κ3) is 22.9. The van der Waals surface area contributed by atoms with Crippen LogP contribution in [0.4, 0.5) is 0 Å². The molecular weight excluding hydrogens is 567 g/mol. The van der Waals surface area contributed by atoms with Crippen molar-refractivity contribution in [2.75, 3.05) is 0 Å². The van der Waals surface area contributed by atoms with E-state index in [4.69, 9.17) is 6.15 Å². The third-order valence-corrected chi connectivity index (χ3v) is 15.2. The summed E-state index contributed by atoms with van der Waals surface area (Å²) in [5.74, 6) is -0.354. The van der Waals surface area contributed by atoms with Crippen LogP contribution >= 0.6 is 0 Å². The molecule has 0 aliphatic heterocycles. The molecule has 0 aliphatic carbocycles. The zero-order valence-electron chi connectivity index (χ0n) is 25.0. The summed E-state index contributed by atoms with van der Waals surface area (Å²) < 4.78 is 13.4. The van der Waals surface area contributed by atoms with Gasteiger partial charge in [0.05, 0.1) is 0 Å². The van der Waals surface area contributed by atoms with Gasteiger partial charge in [-0.2, -0.15) is 0 Å². The number of unbranched alkanes of at least 4 members (excludes halogenated alkanes) is 16. The quantitative estimate of drug-likeness (QED) is 0.0544. The Hall–Kier alpha value is -0.781. The maximum atomic E-state index is 12.8. The molecule has 0 rings (SSSR count).